The van der Waals surface area contributed by atoms with E-state index in [1.165, 1.54) is 0 Å². The van der Waals surface area contributed by atoms with E-state index in [4.69, 9.17) is 0 Å². The molecule has 1 rings (SSSR count). The van der Waals surface area contributed by atoms with Gasteiger partial charge in [-0.2, -0.15) is 10.2 Å². The lowest BCUT2D eigenvalue weighted by atomic mass is 10.0. The summed E-state index contributed by atoms with van der Waals surface area (Å²) < 4.78 is 0. The first-order valence-corrected chi connectivity index (χ1v) is 3.99. The van der Waals surface area contributed by atoms with E-state index in [1.807, 2.05) is 13.8 Å². The van der Waals surface area contributed by atoms with Crippen LogP contribution >= 0.6 is 0 Å². The van der Waals surface area contributed by atoms with E-state index in [0.717, 1.165) is 5.70 Å². The number of rotatable bonds is 2. The zero-order chi connectivity index (χ0) is 9.19. The van der Waals surface area contributed by atoms with Crippen LogP contribution < -0.4 is 5.32 Å². The highest BCUT2D eigenvalue weighted by Gasteiger charge is 2.33. The fourth-order valence-electron chi connectivity index (χ4n) is 1.10. The van der Waals surface area contributed by atoms with Crippen LogP contribution in [0.3, 0.4) is 0 Å². The maximum Gasteiger partial charge on any atom is 0.253 e. The van der Waals surface area contributed by atoms with E-state index in [9.17, 15) is 4.79 Å². The van der Waals surface area contributed by atoms with Gasteiger partial charge < -0.3 is 5.32 Å². The predicted molar refractivity (Wildman–Crippen MR) is 45.7 cm³/mol. The number of hydrogen-bond acceptors (Lipinski definition) is 3. The van der Waals surface area contributed by atoms with E-state index < -0.39 is 5.54 Å². The average molecular weight is 167 g/mol. The molecule has 0 aromatic heterocycles. The van der Waals surface area contributed by atoms with Crippen molar-refractivity contribution in [3.8, 4) is 0 Å². The molecular formula is C8H13N3O. The summed E-state index contributed by atoms with van der Waals surface area (Å²) in [5, 5.41) is 10.4. The lowest BCUT2D eigenvalue weighted by Crippen LogP contribution is -2.40. The lowest BCUT2D eigenvalue weighted by Gasteiger charge is -2.14. The number of likely N-dealkylation sites (N-methyl/N-ethyl adjacent to an activating group) is 1. The molecule has 0 aromatic rings. The van der Waals surface area contributed by atoms with Gasteiger partial charge in [-0.05, 0) is 26.8 Å². The van der Waals surface area contributed by atoms with E-state index in [2.05, 4.69) is 15.5 Å². The Labute approximate surface area is 71.8 Å². The van der Waals surface area contributed by atoms with Gasteiger partial charge in [-0.25, -0.2) is 0 Å². The number of nitrogens with zero attached hydrogens (tertiary/aromatic N) is 2. The highest BCUT2D eigenvalue weighted by Crippen LogP contribution is 2.23. The molecule has 1 unspecified atom stereocenters. The molecular weight excluding hydrogens is 154 g/mol. The highest BCUT2D eigenvalue weighted by molar-refractivity contribution is 5.88. The molecule has 0 radical (unpaired) electrons. The topological polar surface area (TPSA) is 53.8 Å². The van der Waals surface area contributed by atoms with Crippen LogP contribution in [0.25, 0.3) is 0 Å². The fourth-order valence-corrected chi connectivity index (χ4v) is 1.10. The Kier molecular flexibility index (Phi) is 2.26. The molecule has 66 valence electrons. The minimum Gasteiger partial charge on any atom is -0.354 e. The molecule has 1 aliphatic rings. The number of hydrogen-bond donors (Lipinski definition) is 1. The molecule has 1 heterocycles. The first kappa shape index (κ1) is 8.90. The Hall–Kier alpha value is -1.19. The molecule has 1 aliphatic heterocycles. The van der Waals surface area contributed by atoms with Crippen molar-refractivity contribution in [3.05, 3.63) is 11.8 Å². The van der Waals surface area contributed by atoms with E-state index in [0.29, 0.717) is 6.54 Å². The number of allylic oxidation sites excluding steroid dienone is 1. The Bertz CT molecular complexity index is 257. The van der Waals surface area contributed by atoms with Crippen molar-refractivity contribution in [1.82, 2.24) is 5.32 Å². The smallest absolute Gasteiger partial charge is 0.253 e. The fraction of sp³-hybridized carbons (Fsp3) is 0.625. The summed E-state index contributed by atoms with van der Waals surface area (Å²) in [6.45, 7) is 6.08. The van der Waals surface area contributed by atoms with Gasteiger partial charge in [0.05, 0.1) is 5.70 Å². The molecule has 0 aliphatic carbocycles. The molecule has 0 saturated carbocycles. The van der Waals surface area contributed by atoms with E-state index in [1.54, 1.807) is 13.0 Å². The number of carbonyl (C=O) groups is 1. The quantitative estimate of drug-likeness (QED) is 0.661. The molecule has 0 aromatic carbocycles. The van der Waals surface area contributed by atoms with Crippen LogP contribution in [0.2, 0.25) is 0 Å². The number of azo groups is 1. The molecule has 1 amide bonds. The number of amides is 1. The summed E-state index contributed by atoms with van der Waals surface area (Å²) in [7, 11) is 0. The van der Waals surface area contributed by atoms with Gasteiger partial charge in [0, 0.05) is 6.54 Å². The van der Waals surface area contributed by atoms with E-state index in [-0.39, 0.29) is 5.91 Å². The maximum absolute atomic E-state index is 11.4. The van der Waals surface area contributed by atoms with Crippen LogP contribution in [0.4, 0.5) is 0 Å². The maximum atomic E-state index is 11.4. The van der Waals surface area contributed by atoms with Crippen molar-refractivity contribution in [3.63, 3.8) is 0 Å². The highest BCUT2D eigenvalue weighted by atomic mass is 16.2. The SMILES string of the molecule is CCNC(=O)C1(C)C=C(C)N=N1. The van der Waals surface area contributed by atoms with Gasteiger partial charge in [-0.15, -0.1) is 0 Å². The second-order valence-corrected chi connectivity index (χ2v) is 2.99. The Morgan fingerprint density at radius 3 is 2.83 bits per heavy atom. The van der Waals surface area contributed by atoms with Crippen LogP contribution in [0.15, 0.2) is 22.0 Å². The van der Waals surface area contributed by atoms with Gasteiger partial charge in [0.25, 0.3) is 5.91 Å². The number of carbonyl (C=O) groups excluding carboxylic acids is 1. The molecule has 0 spiro atoms. The molecule has 1 atom stereocenters. The third kappa shape index (κ3) is 1.52. The van der Waals surface area contributed by atoms with Crippen molar-refractivity contribution >= 4 is 5.91 Å². The molecule has 0 bridgehead atoms. The number of nitrogens with one attached hydrogen (secondary N) is 1. The van der Waals surface area contributed by atoms with Gasteiger partial charge >= 0.3 is 0 Å². The van der Waals surface area contributed by atoms with Crippen molar-refractivity contribution in [1.29, 1.82) is 0 Å². The first-order valence-electron chi connectivity index (χ1n) is 3.99. The van der Waals surface area contributed by atoms with Crippen molar-refractivity contribution in [2.75, 3.05) is 6.54 Å². The first-order chi connectivity index (χ1) is 5.58. The van der Waals surface area contributed by atoms with Gasteiger partial charge in [-0.1, -0.05) is 0 Å². The summed E-state index contributed by atoms with van der Waals surface area (Å²) in [5.41, 5.74) is 0.0175. The van der Waals surface area contributed by atoms with Crippen LogP contribution in [0.5, 0.6) is 0 Å². The van der Waals surface area contributed by atoms with E-state index >= 15 is 0 Å². The molecule has 0 fully saturated rings. The minimum atomic E-state index is -0.778. The van der Waals surface area contributed by atoms with Gasteiger partial charge in [0.2, 0.25) is 0 Å². The lowest BCUT2D eigenvalue weighted by molar-refractivity contribution is -0.124. The van der Waals surface area contributed by atoms with Crippen molar-refractivity contribution in [2.24, 2.45) is 10.2 Å². The minimum absolute atomic E-state index is 0.0920. The average Bonchev–Trinajstić information content (AvgIpc) is 2.33. The summed E-state index contributed by atoms with van der Waals surface area (Å²) in [6.07, 6.45) is 1.76. The summed E-state index contributed by atoms with van der Waals surface area (Å²) in [5.74, 6) is -0.0920. The summed E-state index contributed by atoms with van der Waals surface area (Å²) in [6, 6.07) is 0. The zero-order valence-electron chi connectivity index (χ0n) is 7.59. The second-order valence-electron chi connectivity index (χ2n) is 2.99. The van der Waals surface area contributed by atoms with Gasteiger partial charge in [0.15, 0.2) is 5.54 Å². The molecule has 4 nitrogen and oxygen atoms in total. The van der Waals surface area contributed by atoms with Crippen LogP contribution in [0.1, 0.15) is 20.8 Å². The third-order valence-electron chi connectivity index (χ3n) is 1.70. The summed E-state index contributed by atoms with van der Waals surface area (Å²) in [4.78, 5) is 11.4. The second kappa shape index (κ2) is 3.05. The molecule has 4 heteroatoms. The van der Waals surface area contributed by atoms with Crippen molar-refractivity contribution in [2.45, 2.75) is 26.3 Å². The molecule has 12 heavy (non-hydrogen) atoms. The Morgan fingerprint density at radius 2 is 2.42 bits per heavy atom. The summed E-state index contributed by atoms with van der Waals surface area (Å²) >= 11 is 0. The normalized spacial score (nSPS) is 27.1. The monoisotopic (exact) mass is 167 g/mol. The molecule has 0 saturated heterocycles. The zero-order valence-corrected chi connectivity index (χ0v) is 7.59. The molecule has 1 N–H and O–H groups in total. The third-order valence-corrected chi connectivity index (χ3v) is 1.70. The van der Waals surface area contributed by atoms with Gasteiger partial charge in [-0.3, -0.25) is 4.79 Å². The standard InChI is InChI=1S/C8H13N3O/c1-4-9-7(12)8(3)5-6(2)10-11-8/h5H,4H2,1-3H3,(H,9,12). The Morgan fingerprint density at radius 1 is 1.75 bits per heavy atom. The largest absolute Gasteiger partial charge is 0.354 e. The van der Waals surface area contributed by atoms with Crippen LogP contribution in [-0.4, -0.2) is 18.0 Å². The van der Waals surface area contributed by atoms with Crippen LogP contribution in [0, 0.1) is 0 Å². The predicted octanol–water partition coefficient (Wildman–Crippen LogP) is 1.25. The van der Waals surface area contributed by atoms with Gasteiger partial charge in [0.1, 0.15) is 0 Å². The Balaban J connectivity index is 2.75. The van der Waals surface area contributed by atoms with Crippen molar-refractivity contribution < 1.29 is 4.79 Å². The van der Waals surface area contributed by atoms with Crippen LogP contribution in [-0.2, 0) is 4.79 Å².